The van der Waals surface area contributed by atoms with Gasteiger partial charge in [-0.1, -0.05) is 0 Å². The molecule has 0 radical (unpaired) electrons. The molecule has 0 fully saturated rings. The largest absolute Gasteiger partial charge is 0.481 e. The topological polar surface area (TPSA) is 99.1 Å². The summed E-state index contributed by atoms with van der Waals surface area (Å²) in [7, 11) is 1.52. The first-order chi connectivity index (χ1) is 8.58. The first-order valence-electron chi connectivity index (χ1n) is 5.44. The molecule has 2 aromatic rings. The van der Waals surface area contributed by atoms with E-state index in [1.807, 2.05) is 13.8 Å². The third-order valence-corrected chi connectivity index (χ3v) is 2.42. The minimum absolute atomic E-state index is 0.150. The molecule has 0 atom stereocenters. The van der Waals surface area contributed by atoms with E-state index >= 15 is 0 Å². The smallest absolute Gasteiger partial charge is 0.225 e. The number of nitrogens with two attached hydrogens (primary N) is 1. The molecule has 3 N–H and O–H groups in total. The Balaban J connectivity index is 2.07. The summed E-state index contributed by atoms with van der Waals surface area (Å²) in [5.74, 6) is 2.53. The average molecular weight is 249 g/mol. The van der Waals surface area contributed by atoms with Crippen LogP contribution in [-0.2, 0) is 6.54 Å². The van der Waals surface area contributed by atoms with Gasteiger partial charge in [-0.25, -0.2) is 4.98 Å². The molecule has 7 nitrogen and oxygen atoms in total. The van der Waals surface area contributed by atoms with E-state index in [1.54, 1.807) is 6.07 Å². The number of nitrogens with one attached hydrogen (secondary N) is 1. The standard InChI is InChI=1S/C11H15N5O2/c1-6-7(2)18-10(14-6)5-13-8-4-9(17-3)16-11(12)15-8/h4H,5H2,1-3H3,(H3,12,13,15,16). The van der Waals surface area contributed by atoms with Gasteiger partial charge in [0.1, 0.15) is 11.6 Å². The summed E-state index contributed by atoms with van der Waals surface area (Å²) in [5, 5.41) is 3.05. The van der Waals surface area contributed by atoms with Gasteiger partial charge in [-0.2, -0.15) is 9.97 Å². The zero-order valence-electron chi connectivity index (χ0n) is 10.5. The molecule has 0 aromatic carbocycles. The third-order valence-electron chi connectivity index (χ3n) is 2.42. The number of methoxy groups -OCH3 is 1. The monoisotopic (exact) mass is 249 g/mol. The lowest BCUT2D eigenvalue weighted by molar-refractivity contribution is 0.398. The molecular weight excluding hydrogens is 234 g/mol. The molecule has 0 saturated carbocycles. The van der Waals surface area contributed by atoms with Crippen molar-refractivity contribution >= 4 is 11.8 Å². The van der Waals surface area contributed by atoms with E-state index in [1.165, 1.54) is 7.11 Å². The zero-order valence-corrected chi connectivity index (χ0v) is 10.5. The summed E-state index contributed by atoms with van der Waals surface area (Å²) >= 11 is 0. The van der Waals surface area contributed by atoms with Gasteiger partial charge < -0.3 is 20.2 Å². The number of ether oxygens (including phenoxy) is 1. The van der Waals surface area contributed by atoms with Crippen molar-refractivity contribution in [2.75, 3.05) is 18.2 Å². The second kappa shape index (κ2) is 4.91. The Morgan fingerprint density at radius 2 is 2.11 bits per heavy atom. The van der Waals surface area contributed by atoms with Crippen LogP contribution in [0.15, 0.2) is 10.5 Å². The van der Waals surface area contributed by atoms with Crippen molar-refractivity contribution in [2.24, 2.45) is 0 Å². The van der Waals surface area contributed by atoms with Crippen molar-refractivity contribution in [3.05, 3.63) is 23.4 Å². The molecule has 0 aliphatic heterocycles. The van der Waals surface area contributed by atoms with Crippen LogP contribution < -0.4 is 15.8 Å². The number of aromatic nitrogens is 3. The lowest BCUT2D eigenvalue weighted by Crippen LogP contribution is -2.05. The number of nitrogens with zero attached hydrogens (tertiary/aromatic N) is 3. The molecule has 2 rings (SSSR count). The molecule has 2 heterocycles. The molecule has 96 valence electrons. The minimum Gasteiger partial charge on any atom is -0.481 e. The summed E-state index contributed by atoms with van der Waals surface area (Å²) in [6, 6.07) is 1.65. The van der Waals surface area contributed by atoms with E-state index in [4.69, 9.17) is 14.9 Å². The summed E-state index contributed by atoms with van der Waals surface area (Å²) in [4.78, 5) is 12.2. The van der Waals surface area contributed by atoms with Crippen LogP contribution in [0.25, 0.3) is 0 Å². The first-order valence-corrected chi connectivity index (χ1v) is 5.44. The number of rotatable bonds is 4. The normalized spacial score (nSPS) is 10.4. The number of hydrogen-bond donors (Lipinski definition) is 2. The van der Waals surface area contributed by atoms with Crippen molar-refractivity contribution < 1.29 is 9.15 Å². The molecule has 0 spiro atoms. The maximum absolute atomic E-state index is 5.55. The van der Waals surface area contributed by atoms with Crippen LogP contribution in [0.2, 0.25) is 0 Å². The van der Waals surface area contributed by atoms with E-state index in [0.29, 0.717) is 24.1 Å². The van der Waals surface area contributed by atoms with Crippen molar-refractivity contribution in [3.63, 3.8) is 0 Å². The van der Waals surface area contributed by atoms with E-state index < -0.39 is 0 Å². The second-order valence-electron chi connectivity index (χ2n) is 3.76. The van der Waals surface area contributed by atoms with Gasteiger partial charge in [0.15, 0.2) is 0 Å². The molecule has 0 amide bonds. The number of oxazole rings is 1. The van der Waals surface area contributed by atoms with Gasteiger partial charge in [0.2, 0.25) is 17.7 Å². The summed E-state index contributed by atoms with van der Waals surface area (Å²) < 4.78 is 10.4. The maximum Gasteiger partial charge on any atom is 0.225 e. The highest BCUT2D eigenvalue weighted by atomic mass is 16.5. The van der Waals surface area contributed by atoms with Crippen LogP contribution in [0.3, 0.4) is 0 Å². The Morgan fingerprint density at radius 1 is 1.33 bits per heavy atom. The Morgan fingerprint density at radius 3 is 2.72 bits per heavy atom. The van der Waals surface area contributed by atoms with E-state index in [0.717, 1.165) is 11.5 Å². The third kappa shape index (κ3) is 2.68. The zero-order chi connectivity index (χ0) is 13.1. The van der Waals surface area contributed by atoms with Crippen LogP contribution in [0.4, 0.5) is 11.8 Å². The molecular formula is C11H15N5O2. The summed E-state index contributed by atoms with van der Waals surface area (Å²) in [5.41, 5.74) is 6.43. The Labute approximate surface area is 104 Å². The van der Waals surface area contributed by atoms with Crippen LogP contribution >= 0.6 is 0 Å². The highest BCUT2D eigenvalue weighted by Gasteiger charge is 2.07. The van der Waals surface area contributed by atoms with Gasteiger partial charge in [0.25, 0.3) is 0 Å². The Bertz CT molecular complexity index is 533. The highest BCUT2D eigenvalue weighted by Crippen LogP contribution is 2.15. The Kier molecular flexibility index (Phi) is 3.31. The van der Waals surface area contributed by atoms with Gasteiger partial charge in [0.05, 0.1) is 19.3 Å². The Hall–Kier alpha value is -2.31. The molecule has 0 unspecified atom stereocenters. The number of anilines is 2. The molecule has 0 saturated heterocycles. The van der Waals surface area contributed by atoms with Gasteiger partial charge >= 0.3 is 0 Å². The number of aryl methyl sites for hydroxylation is 2. The molecule has 0 bridgehead atoms. The fourth-order valence-corrected chi connectivity index (χ4v) is 1.42. The van der Waals surface area contributed by atoms with Crippen LogP contribution in [0.1, 0.15) is 17.3 Å². The molecule has 0 aliphatic rings. The van der Waals surface area contributed by atoms with E-state index in [-0.39, 0.29) is 5.95 Å². The molecule has 2 aromatic heterocycles. The summed E-state index contributed by atoms with van der Waals surface area (Å²) in [6.45, 7) is 4.19. The first kappa shape index (κ1) is 12.2. The van der Waals surface area contributed by atoms with E-state index in [2.05, 4.69) is 20.3 Å². The van der Waals surface area contributed by atoms with Gasteiger partial charge in [-0.05, 0) is 13.8 Å². The predicted octanol–water partition coefficient (Wildman–Crippen LogP) is 1.28. The lowest BCUT2D eigenvalue weighted by Gasteiger charge is -2.05. The van der Waals surface area contributed by atoms with Crippen molar-refractivity contribution in [1.29, 1.82) is 0 Å². The molecule has 18 heavy (non-hydrogen) atoms. The van der Waals surface area contributed by atoms with Gasteiger partial charge in [0, 0.05) is 6.07 Å². The number of nitrogen functional groups attached to an aromatic ring is 1. The maximum atomic E-state index is 5.55. The van der Waals surface area contributed by atoms with E-state index in [9.17, 15) is 0 Å². The second-order valence-corrected chi connectivity index (χ2v) is 3.76. The lowest BCUT2D eigenvalue weighted by atomic mass is 10.4. The SMILES string of the molecule is COc1cc(NCc2nc(C)c(C)o2)nc(N)n1. The van der Waals surface area contributed by atoms with Crippen molar-refractivity contribution in [1.82, 2.24) is 15.0 Å². The quantitative estimate of drug-likeness (QED) is 0.842. The minimum atomic E-state index is 0.150. The van der Waals surface area contributed by atoms with Crippen LogP contribution in [0.5, 0.6) is 5.88 Å². The summed E-state index contributed by atoms with van der Waals surface area (Å²) in [6.07, 6.45) is 0. The number of hydrogen-bond acceptors (Lipinski definition) is 7. The van der Waals surface area contributed by atoms with Crippen LogP contribution in [-0.4, -0.2) is 22.1 Å². The van der Waals surface area contributed by atoms with Crippen LogP contribution in [0, 0.1) is 13.8 Å². The average Bonchev–Trinajstić information content (AvgIpc) is 2.65. The molecule has 0 aliphatic carbocycles. The fourth-order valence-electron chi connectivity index (χ4n) is 1.42. The van der Waals surface area contributed by atoms with Gasteiger partial charge in [-0.15, -0.1) is 0 Å². The highest BCUT2D eigenvalue weighted by molar-refractivity contribution is 5.42. The molecule has 7 heteroatoms. The van der Waals surface area contributed by atoms with Gasteiger partial charge in [-0.3, -0.25) is 0 Å². The predicted molar refractivity (Wildman–Crippen MR) is 66.3 cm³/mol. The van der Waals surface area contributed by atoms with Crippen molar-refractivity contribution in [2.45, 2.75) is 20.4 Å². The van der Waals surface area contributed by atoms with Crippen molar-refractivity contribution in [3.8, 4) is 5.88 Å². The fraction of sp³-hybridized carbons (Fsp3) is 0.364.